The number of halogens is 1. The third-order valence-electron chi connectivity index (χ3n) is 2.91. The molecule has 0 unspecified atom stereocenters. The summed E-state index contributed by atoms with van der Waals surface area (Å²) in [4.78, 5) is 18.4. The molecule has 1 aromatic heterocycles. The first kappa shape index (κ1) is 15.2. The number of carbonyl (C=O) groups excluding carboxylic acids is 1. The molecule has 0 N–H and O–H groups in total. The van der Waals surface area contributed by atoms with Gasteiger partial charge in [0.05, 0.1) is 5.69 Å². The van der Waals surface area contributed by atoms with E-state index in [-0.39, 0.29) is 5.91 Å². The Morgan fingerprint density at radius 1 is 1.30 bits per heavy atom. The summed E-state index contributed by atoms with van der Waals surface area (Å²) in [6.45, 7) is 4.67. The number of benzene rings is 1. The highest BCUT2D eigenvalue weighted by Gasteiger charge is 2.17. The van der Waals surface area contributed by atoms with Crippen LogP contribution in [0.15, 0.2) is 34.1 Å². The normalized spacial score (nSPS) is 10.6. The molecule has 0 aliphatic heterocycles. The summed E-state index contributed by atoms with van der Waals surface area (Å²) in [5.41, 5.74) is 1.98. The third-order valence-corrected chi connectivity index (χ3v) is 4.31. The number of aromatic nitrogens is 1. The average molecular weight is 353 g/mol. The van der Waals surface area contributed by atoms with E-state index in [1.54, 1.807) is 4.90 Å². The van der Waals surface area contributed by atoms with E-state index in [1.807, 2.05) is 36.6 Å². The van der Waals surface area contributed by atoms with Crippen LogP contribution in [-0.4, -0.2) is 17.4 Å². The molecule has 0 saturated carbocycles. The minimum atomic E-state index is 0.128. The molecule has 106 valence electrons. The zero-order valence-corrected chi connectivity index (χ0v) is 14.0. The Kier molecular flexibility index (Phi) is 5.31. The fourth-order valence-electron chi connectivity index (χ4n) is 1.88. The van der Waals surface area contributed by atoms with Crippen molar-refractivity contribution in [1.29, 1.82) is 0 Å². The third kappa shape index (κ3) is 3.46. The maximum atomic E-state index is 12.0. The molecule has 0 saturated heterocycles. The summed E-state index contributed by atoms with van der Waals surface area (Å²) in [6, 6.07) is 8.04. The average Bonchev–Trinajstić information content (AvgIpc) is 2.94. The number of nitrogens with zero attached hydrogens (tertiary/aromatic N) is 2. The van der Waals surface area contributed by atoms with Gasteiger partial charge in [-0.1, -0.05) is 41.9 Å². The van der Waals surface area contributed by atoms with Crippen molar-refractivity contribution in [2.75, 3.05) is 11.4 Å². The van der Waals surface area contributed by atoms with Gasteiger partial charge >= 0.3 is 0 Å². The van der Waals surface area contributed by atoms with Gasteiger partial charge in [0.25, 0.3) is 0 Å². The lowest BCUT2D eigenvalue weighted by atomic mass is 10.2. The molecular formula is C15H17BrN2OS. The van der Waals surface area contributed by atoms with Gasteiger partial charge in [0.15, 0.2) is 5.13 Å². The number of hydrogen-bond donors (Lipinski definition) is 0. The monoisotopic (exact) mass is 352 g/mol. The van der Waals surface area contributed by atoms with E-state index in [1.165, 1.54) is 11.3 Å². The number of carbonyl (C=O) groups is 1. The lowest BCUT2D eigenvalue weighted by Crippen LogP contribution is -2.30. The molecule has 0 bridgehead atoms. The smallest absolute Gasteiger partial charge is 0.228 e. The van der Waals surface area contributed by atoms with E-state index in [2.05, 4.69) is 27.8 Å². The highest BCUT2D eigenvalue weighted by Crippen LogP contribution is 2.28. The Hall–Kier alpha value is -1.20. The maximum Gasteiger partial charge on any atom is 0.228 e. The summed E-state index contributed by atoms with van der Waals surface area (Å²) >= 11 is 4.95. The van der Waals surface area contributed by atoms with Crippen molar-refractivity contribution in [2.45, 2.75) is 26.7 Å². The molecule has 5 heteroatoms. The van der Waals surface area contributed by atoms with Gasteiger partial charge in [-0.05, 0) is 18.6 Å². The van der Waals surface area contributed by atoms with Crippen LogP contribution < -0.4 is 4.90 Å². The van der Waals surface area contributed by atoms with Crippen molar-refractivity contribution >= 4 is 38.3 Å². The molecular weight excluding hydrogens is 336 g/mol. The Labute approximate surface area is 131 Å². The van der Waals surface area contributed by atoms with Crippen molar-refractivity contribution in [3.05, 3.63) is 34.1 Å². The van der Waals surface area contributed by atoms with Crippen LogP contribution in [0.1, 0.15) is 26.7 Å². The zero-order chi connectivity index (χ0) is 14.5. The molecule has 2 aromatic rings. The van der Waals surface area contributed by atoms with Gasteiger partial charge < -0.3 is 0 Å². The second-order valence-electron chi connectivity index (χ2n) is 4.42. The Morgan fingerprint density at radius 2 is 2.00 bits per heavy atom. The van der Waals surface area contributed by atoms with Gasteiger partial charge in [0.2, 0.25) is 5.91 Å². The molecule has 0 fully saturated rings. The quantitative estimate of drug-likeness (QED) is 0.779. The van der Waals surface area contributed by atoms with Crippen LogP contribution in [-0.2, 0) is 4.79 Å². The van der Waals surface area contributed by atoms with E-state index in [0.717, 1.165) is 33.8 Å². The predicted molar refractivity (Wildman–Crippen MR) is 88.2 cm³/mol. The number of amides is 1. The van der Waals surface area contributed by atoms with Gasteiger partial charge in [0, 0.05) is 28.4 Å². The highest BCUT2D eigenvalue weighted by molar-refractivity contribution is 9.10. The Morgan fingerprint density at radius 3 is 2.60 bits per heavy atom. The maximum absolute atomic E-state index is 12.0. The lowest BCUT2D eigenvalue weighted by molar-refractivity contribution is -0.118. The van der Waals surface area contributed by atoms with E-state index < -0.39 is 0 Å². The van der Waals surface area contributed by atoms with E-state index in [4.69, 9.17) is 0 Å². The minimum Gasteiger partial charge on any atom is -0.288 e. The largest absolute Gasteiger partial charge is 0.288 e. The van der Waals surface area contributed by atoms with Crippen molar-refractivity contribution in [2.24, 2.45) is 0 Å². The number of thiazole rings is 1. The molecule has 0 aliphatic carbocycles. The molecule has 3 nitrogen and oxygen atoms in total. The number of rotatable bonds is 5. The molecule has 0 radical (unpaired) electrons. The molecule has 0 spiro atoms. The van der Waals surface area contributed by atoms with Gasteiger partial charge in [-0.25, -0.2) is 4.98 Å². The molecule has 0 aliphatic rings. The molecule has 1 heterocycles. The zero-order valence-electron chi connectivity index (χ0n) is 11.6. The topological polar surface area (TPSA) is 33.2 Å². The predicted octanol–water partition coefficient (Wildman–Crippen LogP) is 4.73. The lowest BCUT2D eigenvalue weighted by Gasteiger charge is -2.17. The second-order valence-corrected chi connectivity index (χ2v) is 6.17. The van der Waals surface area contributed by atoms with Crippen LogP contribution in [0.4, 0.5) is 5.13 Å². The van der Waals surface area contributed by atoms with Crippen molar-refractivity contribution in [3.8, 4) is 11.3 Å². The first-order valence-corrected chi connectivity index (χ1v) is 8.34. The van der Waals surface area contributed by atoms with Crippen molar-refractivity contribution in [1.82, 2.24) is 4.98 Å². The molecule has 1 aromatic carbocycles. The van der Waals surface area contributed by atoms with Gasteiger partial charge in [-0.3, -0.25) is 9.69 Å². The molecule has 1 amide bonds. The van der Waals surface area contributed by atoms with Crippen LogP contribution in [0.3, 0.4) is 0 Å². The van der Waals surface area contributed by atoms with E-state index in [0.29, 0.717) is 6.42 Å². The van der Waals surface area contributed by atoms with Crippen LogP contribution in [0.25, 0.3) is 11.3 Å². The number of anilines is 1. The number of hydrogen-bond acceptors (Lipinski definition) is 3. The van der Waals surface area contributed by atoms with Crippen LogP contribution in [0.2, 0.25) is 0 Å². The van der Waals surface area contributed by atoms with Crippen LogP contribution in [0.5, 0.6) is 0 Å². The Balaban J connectivity index is 2.26. The summed E-state index contributed by atoms with van der Waals surface area (Å²) in [6.07, 6.45) is 1.44. The fraction of sp³-hybridized carbons (Fsp3) is 0.333. The molecule has 2 rings (SSSR count). The molecule has 20 heavy (non-hydrogen) atoms. The second kappa shape index (κ2) is 6.99. The standard InChI is InChI=1S/C15H17BrN2OS/c1-3-9-18(14(19)4-2)15-17-13(10-20-15)11-5-7-12(16)8-6-11/h5-8,10H,3-4,9H2,1-2H3. The van der Waals surface area contributed by atoms with Crippen molar-refractivity contribution < 1.29 is 4.79 Å². The summed E-state index contributed by atoms with van der Waals surface area (Å²) in [5.74, 6) is 0.128. The van der Waals surface area contributed by atoms with Crippen LogP contribution in [0, 0.1) is 0 Å². The summed E-state index contributed by atoms with van der Waals surface area (Å²) in [5, 5.41) is 2.79. The fourth-order valence-corrected chi connectivity index (χ4v) is 3.02. The summed E-state index contributed by atoms with van der Waals surface area (Å²) in [7, 11) is 0. The Bertz CT molecular complexity index is 580. The molecule has 0 atom stereocenters. The highest BCUT2D eigenvalue weighted by atomic mass is 79.9. The van der Waals surface area contributed by atoms with Gasteiger partial charge in [0.1, 0.15) is 0 Å². The van der Waals surface area contributed by atoms with Gasteiger partial charge in [-0.15, -0.1) is 11.3 Å². The van der Waals surface area contributed by atoms with Crippen LogP contribution >= 0.6 is 27.3 Å². The van der Waals surface area contributed by atoms with Gasteiger partial charge in [-0.2, -0.15) is 0 Å². The first-order valence-electron chi connectivity index (χ1n) is 6.67. The first-order chi connectivity index (χ1) is 9.65. The minimum absolute atomic E-state index is 0.128. The SMILES string of the molecule is CCCN(C(=O)CC)c1nc(-c2ccc(Br)cc2)cs1. The van der Waals surface area contributed by atoms with E-state index in [9.17, 15) is 4.79 Å². The van der Waals surface area contributed by atoms with Crippen molar-refractivity contribution in [3.63, 3.8) is 0 Å². The van der Waals surface area contributed by atoms with E-state index >= 15 is 0 Å². The summed E-state index contributed by atoms with van der Waals surface area (Å²) < 4.78 is 1.05.